The van der Waals surface area contributed by atoms with Crippen LogP contribution < -0.4 is 4.90 Å². The summed E-state index contributed by atoms with van der Waals surface area (Å²) in [5.41, 5.74) is 4.92. The number of nitrogens with zero attached hydrogens (tertiary/aromatic N) is 3. The topological polar surface area (TPSA) is 54.0 Å². The summed E-state index contributed by atoms with van der Waals surface area (Å²) < 4.78 is 5.45. The number of methoxy groups -OCH3 is 1. The average molecular weight is 294 g/mol. The molecule has 1 N–H and O–H groups in total. The van der Waals surface area contributed by atoms with Crippen molar-refractivity contribution in [3.8, 4) is 11.3 Å². The predicted molar refractivity (Wildman–Crippen MR) is 87.0 cm³/mol. The SMILES string of the molecule is COC1CCN(c2cccc(-c3cnc4[nH]ccc4n3)c2)C1. The van der Waals surface area contributed by atoms with E-state index in [4.69, 9.17) is 4.74 Å². The van der Waals surface area contributed by atoms with Crippen LogP contribution in [0.15, 0.2) is 42.7 Å². The molecule has 5 nitrogen and oxygen atoms in total. The molecule has 1 aliphatic rings. The number of rotatable bonds is 3. The number of hydrogen-bond donors (Lipinski definition) is 1. The first-order valence-electron chi connectivity index (χ1n) is 7.52. The van der Waals surface area contributed by atoms with Gasteiger partial charge in [0, 0.05) is 37.6 Å². The van der Waals surface area contributed by atoms with Crippen LogP contribution in [0.2, 0.25) is 0 Å². The number of H-pyrrole nitrogens is 1. The first-order chi connectivity index (χ1) is 10.8. The van der Waals surface area contributed by atoms with E-state index in [1.54, 1.807) is 7.11 Å². The van der Waals surface area contributed by atoms with Gasteiger partial charge in [0.05, 0.1) is 18.0 Å². The Morgan fingerprint density at radius 3 is 3.14 bits per heavy atom. The summed E-state index contributed by atoms with van der Waals surface area (Å²) in [6.07, 6.45) is 5.09. The quantitative estimate of drug-likeness (QED) is 0.807. The van der Waals surface area contributed by atoms with Crippen LogP contribution in [0.1, 0.15) is 6.42 Å². The van der Waals surface area contributed by atoms with E-state index in [9.17, 15) is 0 Å². The Morgan fingerprint density at radius 1 is 1.32 bits per heavy atom. The molecule has 3 aromatic rings. The lowest BCUT2D eigenvalue weighted by molar-refractivity contribution is 0.121. The third kappa shape index (κ3) is 2.33. The van der Waals surface area contributed by atoms with Crippen molar-refractivity contribution in [2.24, 2.45) is 0 Å². The van der Waals surface area contributed by atoms with Gasteiger partial charge in [-0.1, -0.05) is 12.1 Å². The Balaban J connectivity index is 1.66. The van der Waals surface area contributed by atoms with Gasteiger partial charge < -0.3 is 14.6 Å². The highest BCUT2D eigenvalue weighted by Crippen LogP contribution is 2.27. The van der Waals surface area contributed by atoms with E-state index in [2.05, 4.69) is 44.1 Å². The highest BCUT2D eigenvalue weighted by Gasteiger charge is 2.22. The second-order valence-electron chi connectivity index (χ2n) is 5.61. The average Bonchev–Trinajstić information content (AvgIpc) is 3.23. The van der Waals surface area contributed by atoms with Crippen molar-refractivity contribution >= 4 is 16.9 Å². The minimum atomic E-state index is 0.333. The third-order valence-electron chi connectivity index (χ3n) is 4.25. The van der Waals surface area contributed by atoms with Gasteiger partial charge in [-0.3, -0.25) is 0 Å². The maximum atomic E-state index is 5.45. The van der Waals surface area contributed by atoms with Crippen LogP contribution in [0.3, 0.4) is 0 Å². The van der Waals surface area contributed by atoms with E-state index >= 15 is 0 Å². The molecular formula is C17H18N4O. The first kappa shape index (κ1) is 13.3. The summed E-state index contributed by atoms with van der Waals surface area (Å²) >= 11 is 0. The van der Waals surface area contributed by atoms with E-state index < -0.39 is 0 Å². The van der Waals surface area contributed by atoms with Crippen LogP contribution in [-0.4, -0.2) is 41.3 Å². The Morgan fingerprint density at radius 2 is 2.27 bits per heavy atom. The second kappa shape index (κ2) is 5.42. The summed E-state index contributed by atoms with van der Waals surface area (Å²) in [5, 5.41) is 0. The van der Waals surface area contributed by atoms with E-state index in [0.29, 0.717) is 6.10 Å². The molecule has 0 amide bonds. The van der Waals surface area contributed by atoms with Crippen LogP contribution >= 0.6 is 0 Å². The fraction of sp³-hybridized carbons (Fsp3) is 0.294. The molecule has 3 heterocycles. The van der Waals surface area contributed by atoms with E-state index in [1.807, 2.05) is 18.5 Å². The van der Waals surface area contributed by atoms with Gasteiger partial charge in [0.25, 0.3) is 0 Å². The molecule has 1 atom stereocenters. The second-order valence-corrected chi connectivity index (χ2v) is 5.61. The molecule has 1 unspecified atom stereocenters. The molecule has 22 heavy (non-hydrogen) atoms. The van der Waals surface area contributed by atoms with E-state index in [0.717, 1.165) is 41.9 Å². The third-order valence-corrected chi connectivity index (χ3v) is 4.25. The van der Waals surface area contributed by atoms with Crippen LogP contribution in [0.4, 0.5) is 5.69 Å². The summed E-state index contributed by atoms with van der Waals surface area (Å²) in [7, 11) is 1.78. The lowest BCUT2D eigenvalue weighted by Gasteiger charge is -2.19. The molecule has 0 radical (unpaired) electrons. The lowest BCUT2D eigenvalue weighted by atomic mass is 10.1. The molecule has 1 fully saturated rings. The standard InChI is InChI=1S/C17H18N4O/c1-22-14-6-8-21(11-14)13-4-2-3-12(9-13)16-10-19-17-15(20-16)5-7-18-17/h2-5,7,9-10,14H,6,8,11H2,1H3,(H,18,19). The molecule has 5 heteroatoms. The zero-order valence-corrected chi connectivity index (χ0v) is 12.5. The molecule has 1 saturated heterocycles. The molecule has 0 saturated carbocycles. The van der Waals surface area contributed by atoms with E-state index in [1.165, 1.54) is 5.69 Å². The number of nitrogens with one attached hydrogen (secondary N) is 1. The summed E-state index contributed by atoms with van der Waals surface area (Å²) in [5.74, 6) is 0. The number of hydrogen-bond acceptors (Lipinski definition) is 4. The Bertz CT molecular complexity index is 798. The minimum absolute atomic E-state index is 0.333. The Labute approximate surface area is 129 Å². The summed E-state index contributed by atoms with van der Waals surface area (Å²) in [6.45, 7) is 1.98. The van der Waals surface area contributed by atoms with Crippen molar-refractivity contribution in [1.29, 1.82) is 0 Å². The summed E-state index contributed by atoms with van der Waals surface area (Å²) in [4.78, 5) is 14.5. The van der Waals surface area contributed by atoms with Gasteiger partial charge in [0.1, 0.15) is 5.52 Å². The number of anilines is 1. The Kier molecular flexibility index (Phi) is 3.27. The minimum Gasteiger partial charge on any atom is -0.380 e. The lowest BCUT2D eigenvalue weighted by Crippen LogP contribution is -2.22. The van der Waals surface area contributed by atoms with Crippen molar-refractivity contribution < 1.29 is 4.74 Å². The van der Waals surface area contributed by atoms with Crippen molar-refractivity contribution in [1.82, 2.24) is 15.0 Å². The van der Waals surface area contributed by atoms with Crippen LogP contribution in [-0.2, 0) is 4.74 Å². The molecule has 112 valence electrons. The van der Waals surface area contributed by atoms with Crippen LogP contribution in [0, 0.1) is 0 Å². The van der Waals surface area contributed by atoms with Crippen molar-refractivity contribution in [3.63, 3.8) is 0 Å². The van der Waals surface area contributed by atoms with Crippen molar-refractivity contribution in [3.05, 3.63) is 42.7 Å². The molecule has 4 rings (SSSR count). The predicted octanol–water partition coefficient (Wildman–Crippen LogP) is 2.85. The van der Waals surface area contributed by atoms with Gasteiger partial charge in [-0.25, -0.2) is 9.97 Å². The molecule has 1 aromatic carbocycles. The highest BCUT2D eigenvalue weighted by molar-refractivity contribution is 5.75. The van der Waals surface area contributed by atoms with Crippen molar-refractivity contribution in [2.75, 3.05) is 25.1 Å². The molecule has 0 aliphatic carbocycles. The number of benzene rings is 1. The highest BCUT2D eigenvalue weighted by atomic mass is 16.5. The van der Waals surface area contributed by atoms with Crippen LogP contribution in [0.25, 0.3) is 22.4 Å². The van der Waals surface area contributed by atoms with Crippen LogP contribution in [0.5, 0.6) is 0 Å². The molecule has 2 aromatic heterocycles. The number of aromatic nitrogens is 3. The van der Waals surface area contributed by atoms with Gasteiger partial charge >= 0.3 is 0 Å². The van der Waals surface area contributed by atoms with Gasteiger partial charge in [-0.2, -0.15) is 0 Å². The molecule has 0 bridgehead atoms. The van der Waals surface area contributed by atoms with Gasteiger partial charge in [0.15, 0.2) is 5.65 Å². The normalized spacial score (nSPS) is 18.2. The summed E-state index contributed by atoms with van der Waals surface area (Å²) in [6, 6.07) is 10.4. The molecule has 0 spiro atoms. The number of ether oxygens (including phenoxy) is 1. The molecular weight excluding hydrogens is 276 g/mol. The monoisotopic (exact) mass is 294 g/mol. The van der Waals surface area contributed by atoms with E-state index in [-0.39, 0.29) is 0 Å². The zero-order chi connectivity index (χ0) is 14.9. The fourth-order valence-electron chi connectivity index (χ4n) is 2.99. The first-order valence-corrected chi connectivity index (χ1v) is 7.52. The zero-order valence-electron chi connectivity index (χ0n) is 12.5. The smallest absolute Gasteiger partial charge is 0.156 e. The largest absolute Gasteiger partial charge is 0.380 e. The maximum absolute atomic E-state index is 5.45. The molecule has 1 aliphatic heterocycles. The number of fused-ring (bicyclic) bond motifs is 1. The number of aromatic amines is 1. The van der Waals surface area contributed by atoms with Gasteiger partial charge in [-0.15, -0.1) is 0 Å². The Hall–Kier alpha value is -2.40. The van der Waals surface area contributed by atoms with Crippen molar-refractivity contribution in [2.45, 2.75) is 12.5 Å². The maximum Gasteiger partial charge on any atom is 0.156 e. The van der Waals surface area contributed by atoms with Gasteiger partial charge in [0.2, 0.25) is 0 Å². The van der Waals surface area contributed by atoms with Gasteiger partial charge in [-0.05, 0) is 24.6 Å². The fourth-order valence-corrected chi connectivity index (χ4v) is 2.99.